The first-order valence-electron chi connectivity index (χ1n) is 8.99. The van der Waals surface area contributed by atoms with Crippen LogP contribution in [0.3, 0.4) is 0 Å². The molecule has 5 heteroatoms. The van der Waals surface area contributed by atoms with Gasteiger partial charge in [0.2, 0.25) is 0 Å². The third kappa shape index (κ3) is 6.99. The lowest BCUT2D eigenvalue weighted by Crippen LogP contribution is -2.07. The molecule has 2 N–H and O–H groups in total. The van der Waals surface area contributed by atoms with Crippen LogP contribution in [0, 0.1) is 0 Å². The van der Waals surface area contributed by atoms with Gasteiger partial charge in [0.1, 0.15) is 5.57 Å². The van der Waals surface area contributed by atoms with E-state index in [2.05, 4.69) is 0 Å². The van der Waals surface area contributed by atoms with Gasteiger partial charge in [-0.25, -0.2) is 9.59 Å². The van der Waals surface area contributed by atoms with E-state index in [4.69, 9.17) is 15.2 Å². The third-order valence-electron chi connectivity index (χ3n) is 3.81. The number of allylic oxidation sites excluding steroid dienone is 4. The SMILES string of the molecule is CC=CC(C(=O)OC=CC=CCc1ccccc1)=C(O[C]=O)c1ccc(N)cc1. The van der Waals surface area contributed by atoms with Crippen molar-refractivity contribution in [2.45, 2.75) is 13.3 Å². The first-order chi connectivity index (χ1) is 14.2. The van der Waals surface area contributed by atoms with Crippen molar-refractivity contribution < 1.29 is 19.1 Å². The molecule has 147 valence electrons. The highest BCUT2D eigenvalue weighted by molar-refractivity contribution is 6.00. The largest absolute Gasteiger partial charge is 0.431 e. The van der Waals surface area contributed by atoms with Crippen molar-refractivity contribution in [2.24, 2.45) is 0 Å². The number of hydrogen-bond donors (Lipinski definition) is 1. The molecule has 0 amide bonds. The Bertz CT molecular complexity index is 923. The molecular formula is C24H22NO4. The lowest BCUT2D eigenvalue weighted by atomic mass is 10.1. The zero-order valence-corrected chi connectivity index (χ0v) is 16.1. The molecule has 2 aromatic rings. The van der Waals surface area contributed by atoms with Crippen LogP contribution in [-0.2, 0) is 25.5 Å². The molecule has 0 aliphatic carbocycles. The third-order valence-corrected chi connectivity index (χ3v) is 3.81. The molecule has 2 rings (SSSR count). The second kappa shape index (κ2) is 11.8. The minimum Gasteiger partial charge on any atom is -0.431 e. The molecule has 0 atom stereocenters. The number of benzene rings is 2. The summed E-state index contributed by atoms with van der Waals surface area (Å²) in [4.78, 5) is 23.3. The summed E-state index contributed by atoms with van der Waals surface area (Å²) in [6.45, 7) is 3.10. The van der Waals surface area contributed by atoms with Gasteiger partial charge in [0.05, 0.1) is 6.26 Å². The van der Waals surface area contributed by atoms with E-state index in [1.807, 2.05) is 36.4 Å². The van der Waals surface area contributed by atoms with Gasteiger partial charge in [-0.3, -0.25) is 0 Å². The minimum absolute atomic E-state index is 0.0381. The van der Waals surface area contributed by atoms with E-state index in [0.29, 0.717) is 11.3 Å². The topological polar surface area (TPSA) is 78.6 Å². The molecule has 29 heavy (non-hydrogen) atoms. The fourth-order valence-electron chi connectivity index (χ4n) is 2.46. The maximum absolute atomic E-state index is 12.5. The van der Waals surface area contributed by atoms with Gasteiger partial charge in [-0.1, -0.05) is 48.6 Å². The highest BCUT2D eigenvalue weighted by Crippen LogP contribution is 2.23. The van der Waals surface area contributed by atoms with Gasteiger partial charge in [0.15, 0.2) is 5.76 Å². The van der Waals surface area contributed by atoms with E-state index < -0.39 is 5.97 Å². The van der Waals surface area contributed by atoms with Crippen LogP contribution in [0.25, 0.3) is 5.76 Å². The van der Waals surface area contributed by atoms with Gasteiger partial charge < -0.3 is 15.2 Å². The number of carbonyl (C=O) groups is 1. The van der Waals surface area contributed by atoms with Crippen LogP contribution < -0.4 is 5.73 Å². The number of carbonyl (C=O) groups excluding carboxylic acids is 2. The average molecular weight is 388 g/mol. The molecule has 1 radical (unpaired) electrons. The van der Waals surface area contributed by atoms with Crippen molar-refractivity contribution in [1.29, 1.82) is 0 Å². The molecule has 0 spiro atoms. The summed E-state index contributed by atoms with van der Waals surface area (Å²) in [5, 5.41) is 0. The van der Waals surface area contributed by atoms with E-state index in [1.165, 1.54) is 24.4 Å². The standard InChI is InChI=1S/C24H22NO4/c1-2-9-22(23(29-18-26)20-13-15-21(25)16-14-20)24(27)28-17-8-4-7-12-19-10-5-3-6-11-19/h2-11,13-17H,12,25H2,1H3. The summed E-state index contributed by atoms with van der Waals surface area (Å²) < 4.78 is 10.1. The quantitative estimate of drug-likeness (QED) is 0.225. The fourth-order valence-corrected chi connectivity index (χ4v) is 2.46. The van der Waals surface area contributed by atoms with Gasteiger partial charge >= 0.3 is 12.4 Å². The van der Waals surface area contributed by atoms with Gasteiger partial charge in [0.25, 0.3) is 0 Å². The van der Waals surface area contributed by atoms with E-state index >= 15 is 0 Å². The number of anilines is 1. The van der Waals surface area contributed by atoms with Crippen molar-refractivity contribution in [2.75, 3.05) is 5.73 Å². The molecule has 5 nitrogen and oxygen atoms in total. The molecule has 0 bridgehead atoms. The number of hydrogen-bond acceptors (Lipinski definition) is 5. The van der Waals surface area contributed by atoms with Crippen LogP contribution in [0.4, 0.5) is 5.69 Å². The predicted molar refractivity (Wildman–Crippen MR) is 114 cm³/mol. The average Bonchev–Trinajstić information content (AvgIpc) is 2.74. The molecule has 0 saturated carbocycles. The molecule has 0 aliphatic heterocycles. The Balaban J connectivity index is 2.11. The van der Waals surface area contributed by atoms with Crippen molar-refractivity contribution >= 4 is 23.9 Å². The van der Waals surface area contributed by atoms with E-state index in [1.54, 1.807) is 49.4 Å². The molecule has 0 saturated heterocycles. The van der Waals surface area contributed by atoms with Crippen LogP contribution in [0.1, 0.15) is 18.1 Å². The Morgan fingerprint density at radius 1 is 1.07 bits per heavy atom. The van der Waals surface area contributed by atoms with Crippen molar-refractivity contribution in [3.8, 4) is 0 Å². The number of nitrogen functional groups attached to an aromatic ring is 1. The molecule has 0 unspecified atom stereocenters. The predicted octanol–water partition coefficient (Wildman–Crippen LogP) is 4.50. The number of esters is 1. The van der Waals surface area contributed by atoms with Gasteiger partial charge in [-0.05, 0) is 55.3 Å². The fraction of sp³-hybridized carbons (Fsp3) is 0.0833. The van der Waals surface area contributed by atoms with Crippen molar-refractivity contribution in [3.63, 3.8) is 0 Å². The van der Waals surface area contributed by atoms with Crippen LogP contribution >= 0.6 is 0 Å². The summed E-state index contributed by atoms with van der Waals surface area (Å²) in [5.41, 5.74) is 7.99. The smallest absolute Gasteiger partial charge is 0.423 e. The van der Waals surface area contributed by atoms with Gasteiger partial charge in [0, 0.05) is 11.3 Å². The van der Waals surface area contributed by atoms with Crippen LogP contribution in [0.2, 0.25) is 0 Å². The maximum atomic E-state index is 12.5. The highest BCUT2D eigenvalue weighted by Gasteiger charge is 2.17. The van der Waals surface area contributed by atoms with E-state index in [9.17, 15) is 9.59 Å². The van der Waals surface area contributed by atoms with E-state index in [0.717, 1.165) is 6.42 Å². The first kappa shape index (κ1) is 21.4. The summed E-state index contributed by atoms with van der Waals surface area (Å²) in [6, 6.07) is 16.5. The van der Waals surface area contributed by atoms with Crippen molar-refractivity contribution in [1.82, 2.24) is 0 Å². The molecule has 0 heterocycles. The monoisotopic (exact) mass is 388 g/mol. The lowest BCUT2D eigenvalue weighted by Gasteiger charge is -2.09. The van der Waals surface area contributed by atoms with Crippen molar-refractivity contribution in [3.05, 3.63) is 108 Å². The molecule has 0 fully saturated rings. The summed E-state index contributed by atoms with van der Waals surface area (Å²) >= 11 is 0. The number of nitrogens with two attached hydrogens (primary N) is 1. The summed E-state index contributed by atoms with van der Waals surface area (Å²) in [7, 11) is 0. The first-order valence-corrected chi connectivity index (χ1v) is 8.99. The Morgan fingerprint density at radius 3 is 2.45 bits per heavy atom. The second-order valence-electron chi connectivity index (χ2n) is 5.90. The molecule has 2 aromatic carbocycles. The van der Waals surface area contributed by atoms with Gasteiger partial charge in [-0.15, -0.1) is 0 Å². The zero-order valence-electron chi connectivity index (χ0n) is 16.1. The Kier molecular flexibility index (Phi) is 8.70. The van der Waals surface area contributed by atoms with E-state index in [-0.39, 0.29) is 11.3 Å². The zero-order chi connectivity index (χ0) is 20.9. The Labute approximate surface area is 170 Å². The minimum atomic E-state index is -0.669. The van der Waals surface area contributed by atoms with Crippen LogP contribution in [0.15, 0.2) is 96.8 Å². The summed E-state index contributed by atoms with van der Waals surface area (Å²) in [6.07, 6.45) is 10.5. The second-order valence-corrected chi connectivity index (χ2v) is 5.90. The lowest BCUT2D eigenvalue weighted by molar-refractivity contribution is -0.133. The normalized spacial score (nSPS) is 12.3. The number of rotatable bonds is 9. The number of ether oxygens (including phenoxy) is 2. The van der Waals surface area contributed by atoms with Crippen LogP contribution in [0.5, 0.6) is 0 Å². The Morgan fingerprint density at radius 2 is 1.79 bits per heavy atom. The maximum Gasteiger partial charge on any atom is 0.423 e. The molecular weight excluding hydrogens is 366 g/mol. The molecule has 0 aliphatic rings. The molecule has 0 aromatic heterocycles. The highest BCUT2D eigenvalue weighted by atomic mass is 16.5. The Hall–Kier alpha value is -3.86. The van der Waals surface area contributed by atoms with Gasteiger partial charge in [-0.2, -0.15) is 0 Å². The van der Waals surface area contributed by atoms with Crippen LogP contribution in [-0.4, -0.2) is 12.4 Å². The summed E-state index contributed by atoms with van der Waals surface area (Å²) in [5.74, 6) is -0.631.